The first kappa shape index (κ1) is 35.1. The lowest BCUT2D eigenvalue weighted by atomic mass is 9.96. The third-order valence-corrected chi connectivity index (χ3v) is 7.24. The minimum Gasteiger partial charge on any atom is -0.489 e. The molecule has 0 amide bonds. The average molecular weight is 647 g/mol. The summed E-state index contributed by atoms with van der Waals surface area (Å²) in [7, 11) is 0. The minimum atomic E-state index is -0.677. The zero-order valence-corrected chi connectivity index (χ0v) is 27.1. The number of hydrogen-bond donors (Lipinski definition) is 1. The first-order chi connectivity index (χ1) is 23.0. The van der Waals surface area contributed by atoms with Crippen molar-refractivity contribution in [2.45, 2.75) is 20.3 Å². The van der Waals surface area contributed by atoms with Crippen LogP contribution in [0, 0.1) is 0 Å². The Morgan fingerprint density at radius 3 is 1.73 bits per heavy atom. The van der Waals surface area contributed by atoms with Crippen molar-refractivity contribution < 1.29 is 38.4 Å². The van der Waals surface area contributed by atoms with Gasteiger partial charge in [0.25, 0.3) is 0 Å². The minimum absolute atomic E-state index is 0.0192. The molecule has 8 heteroatoms. The molecular weight excluding hydrogens is 608 g/mol. The fourth-order valence-corrected chi connectivity index (χ4v) is 4.51. The van der Waals surface area contributed by atoms with E-state index < -0.39 is 24.5 Å². The molecule has 0 aliphatic carbocycles. The molecule has 0 aromatic heterocycles. The number of hydrogen-bond acceptors (Lipinski definition) is 8. The van der Waals surface area contributed by atoms with Gasteiger partial charge in [-0.3, -0.25) is 0 Å². The van der Waals surface area contributed by atoms with Gasteiger partial charge in [-0.05, 0) is 71.5 Å². The van der Waals surface area contributed by atoms with Crippen molar-refractivity contribution in [1.29, 1.82) is 0 Å². The van der Waals surface area contributed by atoms with E-state index in [1.54, 1.807) is 26.0 Å². The van der Waals surface area contributed by atoms with Gasteiger partial charge in [0.2, 0.25) is 0 Å². The molecule has 0 heterocycles. The monoisotopic (exact) mass is 646 g/mol. The zero-order valence-electron chi connectivity index (χ0n) is 27.1. The average Bonchev–Trinajstić information content (AvgIpc) is 3.10. The molecule has 0 saturated heterocycles. The molecule has 0 aliphatic heterocycles. The van der Waals surface area contributed by atoms with Gasteiger partial charge in [0.1, 0.15) is 24.7 Å². The third-order valence-electron chi connectivity index (χ3n) is 7.24. The van der Waals surface area contributed by atoms with Gasteiger partial charge in [0.15, 0.2) is 0 Å². The van der Waals surface area contributed by atoms with Crippen molar-refractivity contribution >= 4 is 17.9 Å². The van der Waals surface area contributed by atoms with E-state index in [1.807, 2.05) is 78.9 Å². The second-order valence-electron chi connectivity index (χ2n) is 11.1. The maximum Gasteiger partial charge on any atom is 0.338 e. The van der Waals surface area contributed by atoms with E-state index in [1.165, 1.54) is 0 Å². The van der Waals surface area contributed by atoms with Crippen LogP contribution in [0.3, 0.4) is 0 Å². The molecule has 4 aromatic carbocycles. The van der Waals surface area contributed by atoms with E-state index in [0.29, 0.717) is 29.1 Å². The Morgan fingerprint density at radius 2 is 1.12 bits per heavy atom. The van der Waals surface area contributed by atoms with E-state index in [0.717, 1.165) is 38.9 Å². The molecule has 4 aromatic rings. The van der Waals surface area contributed by atoms with Crippen LogP contribution in [-0.4, -0.2) is 49.4 Å². The molecule has 4 rings (SSSR count). The lowest BCUT2D eigenvalue weighted by Crippen LogP contribution is -2.15. The molecule has 0 saturated carbocycles. The quantitative estimate of drug-likeness (QED) is 0.0621. The predicted molar refractivity (Wildman–Crippen MR) is 185 cm³/mol. The number of rotatable bonds is 15. The van der Waals surface area contributed by atoms with Gasteiger partial charge in [0, 0.05) is 23.1 Å². The zero-order chi connectivity index (χ0) is 34.6. The van der Waals surface area contributed by atoms with E-state index >= 15 is 0 Å². The summed E-state index contributed by atoms with van der Waals surface area (Å²) in [6.45, 7) is 13.8. The molecule has 48 heavy (non-hydrogen) atoms. The van der Waals surface area contributed by atoms with Crippen LogP contribution < -0.4 is 9.47 Å². The van der Waals surface area contributed by atoms with Gasteiger partial charge >= 0.3 is 17.9 Å². The topological polar surface area (TPSA) is 108 Å². The summed E-state index contributed by atoms with van der Waals surface area (Å²) in [4.78, 5) is 35.4. The largest absolute Gasteiger partial charge is 0.489 e. The van der Waals surface area contributed by atoms with Gasteiger partial charge in [-0.1, -0.05) is 86.5 Å². The Kier molecular flexibility index (Phi) is 12.2. The Bertz CT molecular complexity index is 1800. The molecule has 0 aliphatic rings. The lowest BCUT2D eigenvalue weighted by Gasteiger charge is -2.15. The van der Waals surface area contributed by atoms with Crippen LogP contribution in [0.2, 0.25) is 0 Å². The summed E-state index contributed by atoms with van der Waals surface area (Å²) >= 11 is 0. The van der Waals surface area contributed by atoms with Crippen LogP contribution in [0.1, 0.15) is 19.4 Å². The first-order valence-electron chi connectivity index (χ1n) is 15.3. The molecule has 0 radical (unpaired) electrons. The Labute approximate surface area is 280 Å². The molecular formula is C40H38O8. The molecule has 0 atom stereocenters. The van der Waals surface area contributed by atoms with Crippen molar-refractivity contribution in [2.24, 2.45) is 0 Å². The summed E-state index contributed by atoms with van der Waals surface area (Å²) in [6.07, 6.45) is 0.606. The molecule has 0 fully saturated rings. The summed E-state index contributed by atoms with van der Waals surface area (Å²) < 4.78 is 21.7. The maximum atomic E-state index is 11.9. The fraction of sp³-hybridized carbons (Fsp3) is 0.175. The number of esters is 3. The van der Waals surface area contributed by atoms with Crippen LogP contribution in [0.4, 0.5) is 0 Å². The van der Waals surface area contributed by atoms with Crippen molar-refractivity contribution in [3.63, 3.8) is 0 Å². The molecule has 0 spiro atoms. The number of benzene rings is 4. The molecule has 0 bridgehead atoms. The van der Waals surface area contributed by atoms with E-state index in [9.17, 15) is 14.4 Å². The number of carbonyl (C=O) groups excluding carboxylic acids is 3. The maximum absolute atomic E-state index is 11.9. The molecule has 1 N–H and O–H groups in total. The smallest absolute Gasteiger partial charge is 0.338 e. The Hall–Kier alpha value is -5.73. The number of carbonyl (C=O) groups is 3. The molecule has 246 valence electrons. The van der Waals surface area contributed by atoms with Crippen molar-refractivity contribution in [1.82, 2.24) is 0 Å². The summed E-state index contributed by atoms with van der Waals surface area (Å²) in [5.41, 5.74) is 7.32. The van der Waals surface area contributed by atoms with Crippen molar-refractivity contribution in [3.05, 3.63) is 133 Å². The standard InChI is InChI=1S/C40H38O8/c1-26(2)38(42)46-21-20-29-6-8-30(9-7-29)31-10-12-33(13-11-31)36-24-34(32-14-17-35(18-15-32)48-39(43)27(3)4)16-19-37(36)45-22-23-47-40(44)28(5)25-41/h6-19,24,41H,1,3,5,20-23,25H2,2,4H3. The highest BCUT2D eigenvalue weighted by atomic mass is 16.6. The molecule has 0 unspecified atom stereocenters. The normalized spacial score (nSPS) is 10.5. The second kappa shape index (κ2) is 16.7. The second-order valence-corrected chi connectivity index (χ2v) is 11.1. The van der Waals surface area contributed by atoms with E-state index in [4.69, 9.17) is 24.1 Å². The fourth-order valence-electron chi connectivity index (χ4n) is 4.51. The van der Waals surface area contributed by atoms with Crippen LogP contribution >= 0.6 is 0 Å². The van der Waals surface area contributed by atoms with E-state index in [-0.39, 0.29) is 25.4 Å². The van der Waals surface area contributed by atoms with Gasteiger partial charge in [-0.25, -0.2) is 14.4 Å². The first-order valence-corrected chi connectivity index (χ1v) is 15.3. The highest BCUT2D eigenvalue weighted by molar-refractivity contribution is 5.89. The SMILES string of the molecule is C=C(C)C(=O)OCCc1ccc(-c2ccc(-c3cc(-c4ccc(OC(=O)C(=C)C)cc4)ccc3OCCOC(=O)C(=C)CO)cc2)cc1. The Balaban J connectivity index is 1.54. The third kappa shape index (κ3) is 9.64. The summed E-state index contributed by atoms with van der Waals surface area (Å²) in [5, 5.41) is 9.09. The van der Waals surface area contributed by atoms with Crippen LogP contribution in [0.5, 0.6) is 11.5 Å². The van der Waals surface area contributed by atoms with Crippen molar-refractivity contribution in [3.8, 4) is 44.9 Å². The number of ether oxygens (including phenoxy) is 4. The Morgan fingerprint density at radius 1 is 0.604 bits per heavy atom. The summed E-state index contributed by atoms with van der Waals surface area (Å²) in [6, 6.07) is 29.1. The van der Waals surface area contributed by atoms with Crippen LogP contribution in [0.25, 0.3) is 33.4 Å². The van der Waals surface area contributed by atoms with E-state index in [2.05, 4.69) is 19.7 Å². The summed E-state index contributed by atoms with van der Waals surface area (Å²) in [5.74, 6) is -0.548. The number of aliphatic hydroxyl groups is 1. The highest BCUT2D eigenvalue weighted by Gasteiger charge is 2.13. The van der Waals surface area contributed by atoms with Gasteiger partial charge in [0.05, 0.1) is 18.8 Å². The lowest BCUT2D eigenvalue weighted by molar-refractivity contribution is -0.140. The highest BCUT2D eigenvalue weighted by Crippen LogP contribution is 2.36. The van der Waals surface area contributed by atoms with Crippen molar-refractivity contribution in [2.75, 3.05) is 26.4 Å². The molecule has 8 nitrogen and oxygen atoms in total. The number of aliphatic hydroxyl groups excluding tert-OH is 1. The van der Waals surface area contributed by atoms with Gasteiger partial charge in [-0.15, -0.1) is 0 Å². The van der Waals surface area contributed by atoms with Crippen LogP contribution in [-0.2, 0) is 30.3 Å². The van der Waals surface area contributed by atoms with Crippen LogP contribution in [0.15, 0.2) is 127 Å². The van der Waals surface area contributed by atoms with Gasteiger partial charge in [-0.2, -0.15) is 0 Å². The van der Waals surface area contributed by atoms with Gasteiger partial charge < -0.3 is 24.1 Å². The predicted octanol–water partition coefficient (Wildman–Crippen LogP) is 7.30.